The number of aliphatic hydroxyl groups is 3. The Balaban J connectivity index is 1.51. The summed E-state index contributed by atoms with van der Waals surface area (Å²) in [5, 5.41) is 38.0. The molecule has 4 rings (SSSR count). The van der Waals surface area contributed by atoms with Gasteiger partial charge in [-0.05, 0) is 37.5 Å². The van der Waals surface area contributed by atoms with E-state index in [9.17, 15) is 15.3 Å². The third-order valence-corrected chi connectivity index (χ3v) is 6.98. The summed E-state index contributed by atoms with van der Waals surface area (Å²) >= 11 is 1.55. The maximum atomic E-state index is 10.4. The number of nitrogens with one attached hydrogen (secondary N) is 2. The molecule has 2 aliphatic rings. The van der Waals surface area contributed by atoms with E-state index >= 15 is 0 Å². The molecular weight excluding hydrogens is 432 g/mol. The maximum Gasteiger partial charge on any atom is 0.197 e. The molecule has 176 valence electrons. The molecule has 1 aromatic heterocycles. The number of anilines is 1. The van der Waals surface area contributed by atoms with Gasteiger partial charge in [0.2, 0.25) is 0 Å². The minimum absolute atomic E-state index is 0.0802. The first kappa shape index (κ1) is 23.3. The smallest absolute Gasteiger partial charge is 0.197 e. The van der Waals surface area contributed by atoms with Gasteiger partial charge >= 0.3 is 0 Å². The van der Waals surface area contributed by atoms with Crippen molar-refractivity contribution in [2.75, 3.05) is 19.0 Å². The van der Waals surface area contributed by atoms with Crippen molar-refractivity contribution >= 4 is 32.6 Å². The maximum absolute atomic E-state index is 10.4. The first-order chi connectivity index (χ1) is 15.4. The van der Waals surface area contributed by atoms with Crippen LogP contribution in [-0.4, -0.2) is 76.7 Å². The van der Waals surface area contributed by atoms with E-state index in [-0.39, 0.29) is 6.54 Å². The fourth-order valence-corrected chi connectivity index (χ4v) is 5.15. The average Bonchev–Trinajstić information content (AvgIpc) is 3.19. The second kappa shape index (κ2) is 10.4. The lowest BCUT2D eigenvalue weighted by atomic mass is 9.96. The average molecular weight is 465 g/mol. The van der Waals surface area contributed by atoms with Crippen molar-refractivity contribution in [3.8, 4) is 0 Å². The number of methoxy groups -OCH3 is 1. The quantitative estimate of drug-likeness (QED) is 0.334. The van der Waals surface area contributed by atoms with E-state index in [0.717, 1.165) is 28.2 Å². The van der Waals surface area contributed by atoms with Crippen molar-refractivity contribution in [2.45, 2.75) is 75.8 Å². The summed E-state index contributed by atoms with van der Waals surface area (Å²) in [6.07, 6.45) is -0.0752. The van der Waals surface area contributed by atoms with Gasteiger partial charge in [-0.15, -0.1) is 0 Å². The Hall–Kier alpha value is -1.82. The molecule has 5 N–H and O–H groups in total. The Kier molecular flexibility index (Phi) is 7.59. The van der Waals surface area contributed by atoms with E-state index in [1.54, 1.807) is 11.3 Å². The zero-order valence-electron chi connectivity index (χ0n) is 18.4. The summed E-state index contributed by atoms with van der Waals surface area (Å²) < 4.78 is 11.8. The highest BCUT2D eigenvalue weighted by atomic mass is 32.1. The third-order valence-electron chi connectivity index (χ3n) is 6.05. The van der Waals surface area contributed by atoms with E-state index in [2.05, 4.69) is 33.6 Å². The molecule has 9 nitrogen and oxygen atoms in total. The zero-order chi connectivity index (χ0) is 22.7. The highest BCUT2D eigenvalue weighted by Crippen LogP contribution is 2.27. The Morgan fingerprint density at radius 2 is 1.97 bits per heavy atom. The number of aliphatic imine (C=N–C) groups is 1. The number of aryl methyl sites for hydroxylation is 1. The fraction of sp³-hybridized carbons (Fsp3) is 0.636. The molecule has 1 aliphatic carbocycles. The SMILES string of the molecule is CO[C@H]1O[C@H](CN=C(Nc2nc3ccc(C)cc3s2)NC2CCCCC2)[C@@H](O)[C@H](O)[C@H]1O. The number of thiazole rings is 1. The Morgan fingerprint density at radius 3 is 2.72 bits per heavy atom. The van der Waals surface area contributed by atoms with Crippen LogP contribution in [-0.2, 0) is 9.47 Å². The van der Waals surface area contributed by atoms with Gasteiger partial charge in [0.25, 0.3) is 0 Å². The number of hydrogen-bond acceptors (Lipinski definition) is 8. The van der Waals surface area contributed by atoms with Crippen molar-refractivity contribution < 1.29 is 24.8 Å². The predicted molar refractivity (Wildman–Crippen MR) is 124 cm³/mol. The van der Waals surface area contributed by atoms with Crippen LogP contribution in [0.2, 0.25) is 0 Å². The van der Waals surface area contributed by atoms with Crippen LogP contribution in [0.4, 0.5) is 5.13 Å². The molecule has 2 heterocycles. The minimum Gasteiger partial charge on any atom is -0.388 e. The van der Waals surface area contributed by atoms with Gasteiger partial charge in [0.1, 0.15) is 24.4 Å². The lowest BCUT2D eigenvalue weighted by Crippen LogP contribution is -2.58. The second-order valence-electron chi connectivity index (χ2n) is 8.53. The summed E-state index contributed by atoms with van der Waals surface area (Å²) in [5.74, 6) is 0.554. The first-order valence-corrected chi connectivity index (χ1v) is 11.9. The molecule has 0 unspecified atom stereocenters. The number of nitrogens with zero attached hydrogens (tertiary/aromatic N) is 2. The normalized spacial score (nSPS) is 29.9. The van der Waals surface area contributed by atoms with E-state index in [0.29, 0.717) is 12.0 Å². The molecule has 5 atom stereocenters. The van der Waals surface area contributed by atoms with Gasteiger partial charge in [-0.3, -0.25) is 4.99 Å². The summed E-state index contributed by atoms with van der Waals surface area (Å²) in [7, 11) is 1.38. The molecule has 1 saturated carbocycles. The predicted octanol–water partition coefficient (Wildman–Crippen LogP) is 1.75. The molecule has 2 fully saturated rings. The summed E-state index contributed by atoms with van der Waals surface area (Å²) in [4.78, 5) is 9.29. The lowest BCUT2D eigenvalue weighted by Gasteiger charge is -2.39. The van der Waals surface area contributed by atoms with Crippen LogP contribution in [0.1, 0.15) is 37.7 Å². The van der Waals surface area contributed by atoms with Crippen molar-refractivity contribution in [3.63, 3.8) is 0 Å². The molecule has 0 bridgehead atoms. The van der Waals surface area contributed by atoms with Crippen molar-refractivity contribution in [1.82, 2.24) is 10.3 Å². The number of rotatable bonds is 5. The molecule has 1 aromatic carbocycles. The van der Waals surface area contributed by atoms with Crippen LogP contribution in [0.5, 0.6) is 0 Å². The Bertz CT molecular complexity index is 930. The van der Waals surface area contributed by atoms with Crippen LogP contribution in [0.3, 0.4) is 0 Å². The fourth-order valence-electron chi connectivity index (χ4n) is 4.19. The van der Waals surface area contributed by atoms with E-state index in [4.69, 9.17) is 9.47 Å². The molecule has 10 heteroatoms. The lowest BCUT2D eigenvalue weighted by molar-refractivity contribution is -0.287. The van der Waals surface area contributed by atoms with Gasteiger partial charge in [-0.2, -0.15) is 0 Å². The number of ether oxygens (including phenoxy) is 2. The largest absolute Gasteiger partial charge is 0.388 e. The number of benzene rings is 1. The summed E-state index contributed by atoms with van der Waals surface area (Å²) in [5.41, 5.74) is 2.10. The van der Waals surface area contributed by atoms with E-state index < -0.39 is 30.7 Å². The standard InChI is InChI=1S/C22H32N4O5S/c1-12-8-9-14-16(10-12)32-22(25-14)26-21(24-13-6-4-3-5-7-13)23-11-15-17(27)18(28)19(29)20(30-2)31-15/h8-10,13,15,17-20,27-29H,3-7,11H2,1-2H3,(H2,23,24,25,26)/t15-,17-,18+,19-,20+/m1/s1. The Morgan fingerprint density at radius 1 is 1.19 bits per heavy atom. The molecule has 1 aliphatic heterocycles. The van der Waals surface area contributed by atoms with Crippen LogP contribution in [0, 0.1) is 6.92 Å². The molecule has 2 aromatic rings. The van der Waals surface area contributed by atoms with Crippen molar-refractivity contribution in [1.29, 1.82) is 0 Å². The topological polar surface area (TPSA) is 128 Å². The highest BCUT2D eigenvalue weighted by Gasteiger charge is 2.43. The third kappa shape index (κ3) is 5.38. The molecule has 0 spiro atoms. The van der Waals surface area contributed by atoms with Crippen LogP contribution in [0.15, 0.2) is 23.2 Å². The van der Waals surface area contributed by atoms with E-state index in [1.807, 2.05) is 12.1 Å². The number of hydrogen-bond donors (Lipinski definition) is 5. The number of fused-ring (bicyclic) bond motifs is 1. The summed E-state index contributed by atoms with van der Waals surface area (Å²) in [6.45, 7) is 2.13. The van der Waals surface area contributed by atoms with Crippen LogP contribution < -0.4 is 10.6 Å². The van der Waals surface area contributed by atoms with E-state index in [1.165, 1.54) is 31.9 Å². The molecule has 0 radical (unpaired) electrons. The highest BCUT2D eigenvalue weighted by molar-refractivity contribution is 7.22. The van der Waals surface area contributed by atoms with Gasteiger partial charge in [-0.25, -0.2) is 4.98 Å². The van der Waals surface area contributed by atoms with Gasteiger partial charge in [0.15, 0.2) is 17.4 Å². The first-order valence-electron chi connectivity index (χ1n) is 11.1. The second-order valence-corrected chi connectivity index (χ2v) is 9.56. The van der Waals surface area contributed by atoms with Gasteiger partial charge in [-0.1, -0.05) is 36.7 Å². The van der Waals surface area contributed by atoms with Crippen molar-refractivity contribution in [2.24, 2.45) is 4.99 Å². The monoisotopic (exact) mass is 464 g/mol. The van der Waals surface area contributed by atoms with Crippen LogP contribution >= 0.6 is 11.3 Å². The molecule has 32 heavy (non-hydrogen) atoms. The Labute approximate surface area is 191 Å². The van der Waals surface area contributed by atoms with Gasteiger partial charge < -0.3 is 35.4 Å². The molecule has 1 saturated heterocycles. The van der Waals surface area contributed by atoms with Gasteiger partial charge in [0, 0.05) is 13.2 Å². The van der Waals surface area contributed by atoms with Gasteiger partial charge in [0.05, 0.1) is 16.8 Å². The molecule has 0 amide bonds. The summed E-state index contributed by atoms with van der Waals surface area (Å²) in [6, 6.07) is 6.45. The van der Waals surface area contributed by atoms with Crippen LogP contribution in [0.25, 0.3) is 10.2 Å². The minimum atomic E-state index is -1.37. The molecular formula is C22H32N4O5S. The number of aliphatic hydroxyl groups excluding tert-OH is 3. The van der Waals surface area contributed by atoms with Crippen molar-refractivity contribution in [3.05, 3.63) is 23.8 Å². The zero-order valence-corrected chi connectivity index (χ0v) is 19.2. The number of aromatic nitrogens is 1. The number of guanidine groups is 1.